The Morgan fingerprint density at radius 1 is 1.63 bits per heavy atom. The van der Waals surface area contributed by atoms with E-state index in [4.69, 9.17) is 11.5 Å². The van der Waals surface area contributed by atoms with E-state index in [1.165, 1.54) is 10.8 Å². The number of aromatic nitrogens is 2. The first-order valence-corrected chi connectivity index (χ1v) is 5.94. The summed E-state index contributed by atoms with van der Waals surface area (Å²) < 4.78 is 1.49. The molecule has 0 saturated heterocycles. The average molecular weight is 263 g/mol. The fraction of sp³-hybridized carbons (Fsp3) is 0.462. The minimum Gasteiger partial charge on any atom is -0.480 e. The number of carboxylic acids is 1. The van der Waals surface area contributed by atoms with Crippen molar-refractivity contribution in [3.05, 3.63) is 22.7 Å². The van der Waals surface area contributed by atoms with Crippen LogP contribution in [0.15, 0.2) is 17.2 Å². The molecule has 0 radical (unpaired) electrons. The van der Waals surface area contributed by atoms with Gasteiger partial charge in [-0.2, -0.15) is 0 Å². The number of rotatable bonds is 6. The van der Waals surface area contributed by atoms with Crippen molar-refractivity contribution in [2.24, 2.45) is 5.92 Å². The predicted molar refractivity (Wildman–Crippen MR) is 71.8 cm³/mol. The van der Waals surface area contributed by atoms with Crippen LogP contribution in [0.5, 0.6) is 0 Å². The Morgan fingerprint density at radius 3 is 2.84 bits per heavy atom. The van der Waals surface area contributed by atoms with Gasteiger partial charge in [0.25, 0.3) is 5.56 Å². The van der Waals surface area contributed by atoms with Crippen LogP contribution in [0.25, 0.3) is 0 Å². The van der Waals surface area contributed by atoms with Crippen LogP contribution in [0.3, 0.4) is 0 Å². The number of terminal acetylenes is 1. The van der Waals surface area contributed by atoms with Crippen LogP contribution in [0.4, 0.5) is 5.82 Å². The first-order valence-electron chi connectivity index (χ1n) is 5.94. The van der Waals surface area contributed by atoms with E-state index in [0.29, 0.717) is 12.5 Å². The molecule has 1 heterocycles. The highest BCUT2D eigenvalue weighted by atomic mass is 16.4. The average Bonchev–Trinajstić information content (AvgIpc) is 2.32. The van der Waals surface area contributed by atoms with Gasteiger partial charge >= 0.3 is 5.97 Å². The van der Waals surface area contributed by atoms with Gasteiger partial charge in [0.15, 0.2) is 5.82 Å². The summed E-state index contributed by atoms with van der Waals surface area (Å²) >= 11 is 0. The van der Waals surface area contributed by atoms with Gasteiger partial charge in [-0.1, -0.05) is 13.8 Å². The normalized spacial score (nSPS) is 11.9. The van der Waals surface area contributed by atoms with Crippen molar-refractivity contribution < 1.29 is 9.90 Å². The van der Waals surface area contributed by atoms with Gasteiger partial charge in [-0.15, -0.1) is 12.3 Å². The Bertz CT molecular complexity index is 543. The van der Waals surface area contributed by atoms with Crippen LogP contribution in [0, 0.1) is 18.3 Å². The fourth-order valence-corrected chi connectivity index (χ4v) is 1.57. The topological polar surface area (TPSA) is 84.2 Å². The summed E-state index contributed by atoms with van der Waals surface area (Å²) in [6, 6.07) is -1.01. The SMILES string of the molecule is C#CCC(Nc1nccn(CC(C)C)c1=O)C(=O)O. The summed E-state index contributed by atoms with van der Waals surface area (Å²) in [7, 11) is 0. The van der Waals surface area contributed by atoms with Gasteiger partial charge in [0.1, 0.15) is 6.04 Å². The van der Waals surface area contributed by atoms with Crippen molar-refractivity contribution in [3.63, 3.8) is 0 Å². The molecular formula is C13H17N3O3. The summed E-state index contributed by atoms with van der Waals surface area (Å²) in [6.07, 6.45) is 8.11. The van der Waals surface area contributed by atoms with Crippen LogP contribution in [0.2, 0.25) is 0 Å². The first kappa shape index (κ1) is 14.8. The van der Waals surface area contributed by atoms with E-state index in [1.54, 1.807) is 6.20 Å². The summed E-state index contributed by atoms with van der Waals surface area (Å²) in [5.41, 5.74) is -0.348. The third-order valence-corrected chi connectivity index (χ3v) is 2.41. The van der Waals surface area contributed by atoms with Crippen LogP contribution >= 0.6 is 0 Å². The van der Waals surface area contributed by atoms with Crippen LogP contribution < -0.4 is 10.9 Å². The van der Waals surface area contributed by atoms with Crippen molar-refractivity contribution >= 4 is 11.8 Å². The Morgan fingerprint density at radius 2 is 2.32 bits per heavy atom. The van der Waals surface area contributed by atoms with Crippen LogP contribution in [-0.2, 0) is 11.3 Å². The van der Waals surface area contributed by atoms with Gasteiger partial charge in [0, 0.05) is 25.4 Å². The van der Waals surface area contributed by atoms with Gasteiger partial charge in [-0.25, -0.2) is 9.78 Å². The molecule has 1 atom stereocenters. The maximum absolute atomic E-state index is 12.1. The van der Waals surface area contributed by atoms with Crippen LogP contribution in [0.1, 0.15) is 20.3 Å². The standard InChI is InChI=1S/C13H17N3O3/c1-4-5-10(13(18)19)15-11-12(17)16(7-6-14-11)8-9(2)3/h1,6-7,9-10H,5,8H2,2-3H3,(H,14,15)(H,18,19). The maximum atomic E-state index is 12.1. The number of anilines is 1. The lowest BCUT2D eigenvalue weighted by atomic mass is 10.2. The van der Waals surface area contributed by atoms with Crippen molar-refractivity contribution in [1.29, 1.82) is 0 Å². The molecule has 0 aliphatic heterocycles. The smallest absolute Gasteiger partial charge is 0.327 e. The number of carboxylic acid groups (broad SMARTS) is 1. The maximum Gasteiger partial charge on any atom is 0.327 e. The van der Waals surface area contributed by atoms with Crippen molar-refractivity contribution in [2.45, 2.75) is 32.9 Å². The number of nitrogens with one attached hydrogen (secondary N) is 1. The zero-order valence-corrected chi connectivity index (χ0v) is 11.0. The number of hydrogen-bond donors (Lipinski definition) is 2. The molecule has 0 amide bonds. The molecule has 1 aromatic heterocycles. The highest BCUT2D eigenvalue weighted by molar-refractivity contribution is 5.77. The summed E-state index contributed by atoms with van der Waals surface area (Å²) in [5.74, 6) is 1.45. The van der Waals surface area contributed by atoms with E-state index in [9.17, 15) is 9.59 Å². The monoisotopic (exact) mass is 263 g/mol. The Balaban J connectivity index is 2.98. The van der Waals surface area contributed by atoms with E-state index in [1.807, 2.05) is 13.8 Å². The minimum atomic E-state index is -1.11. The zero-order chi connectivity index (χ0) is 14.4. The summed E-state index contributed by atoms with van der Waals surface area (Å²) in [5, 5.41) is 11.6. The third kappa shape index (κ3) is 4.14. The third-order valence-electron chi connectivity index (χ3n) is 2.41. The Kier molecular flexibility index (Phi) is 5.12. The lowest BCUT2D eigenvalue weighted by Crippen LogP contribution is -2.34. The highest BCUT2D eigenvalue weighted by Gasteiger charge is 2.18. The second-order valence-electron chi connectivity index (χ2n) is 4.57. The molecule has 0 aliphatic rings. The van der Waals surface area contributed by atoms with Gasteiger partial charge in [0.2, 0.25) is 0 Å². The van der Waals surface area contributed by atoms with E-state index in [2.05, 4.69) is 16.2 Å². The number of nitrogens with zero attached hydrogens (tertiary/aromatic N) is 2. The molecule has 0 spiro atoms. The zero-order valence-electron chi connectivity index (χ0n) is 11.0. The molecule has 2 N–H and O–H groups in total. The molecule has 0 fully saturated rings. The number of hydrogen-bond acceptors (Lipinski definition) is 4. The molecule has 1 unspecified atom stereocenters. The molecule has 6 heteroatoms. The largest absolute Gasteiger partial charge is 0.480 e. The Hall–Kier alpha value is -2.29. The van der Waals surface area contributed by atoms with Crippen molar-refractivity contribution in [1.82, 2.24) is 9.55 Å². The highest BCUT2D eigenvalue weighted by Crippen LogP contribution is 2.02. The van der Waals surface area contributed by atoms with E-state index < -0.39 is 12.0 Å². The van der Waals surface area contributed by atoms with Gasteiger partial charge in [-0.3, -0.25) is 4.79 Å². The lowest BCUT2D eigenvalue weighted by Gasteiger charge is -2.14. The summed E-state index contributed by atoms with van der Waals surface area (Å²) in [4.78, 5) is 26.9. The lowest BCUT2D eigenvalue weighted by molar-refractivity contribution is -0.137. The minimum absolute atomic E-state index is 0.00537. The van der Waals surface area contributed by atoms with E-state index >= 15 is 0 Å². The number of carbonyl (C=O) groups is 1. The molecule has 0 aliphatic carbocycles. The molecule has 102 valence electrons. The molecule has 1 rings (SSSR count). The second kappa shape index (κ2) is 6.59. The molecule has 19 heavy (non-hydrogen) atoms. The molecule has 6 nitrogen and oxygen atoms in total. The first-order chi connectivity index (χ1) is 8.95. The van der Waals surface area contributed by atoms with Crippen molar-refractivity contribution in [3.8, 4) is 12.3 Å². The van der Waals surface area contributed by atoms with Gasteiger partial charge < -0.3 is 15.0 Å². The molecule has 0 saturated carbocycles. The molecule has 0 aromatic carbocycles. The quantitative estimate of drug-likeness (QED) is 0.741. The summed E-state index contributed by atoms with van der Waals surface area (Å²) in [6.45, 7) is 4.51. The molecule has 1 aromatic rings. The van der Waals surface area contributed by atoms with Crippen molar-refractivity contribution in [2.75, 3.05) is 5.32 Å². The Labute approximate surface area is 111 Å². The van der Waals surface area contributed by atoms with Crippen LogP contribution in [-0.4, -0.2) is 26.7 Å². The fourth-order valence-electron chi connectivity index (χ4n) is 1.57. The van der Waals surface area contributed by atoms with E-state index in [-0.39, 0.29) is 17.8 Å². The molecule has 0 bridgehead atoms. The predicted octanol–water partition coefficient (Wildman–Crippen LogP) is 0.788. The number of aliphatic carboxylic acids is 1. The van der Waals surface area contributed by atoms with Gasteiger partial charge in [-0.05, 0) is 5.92 Å². The van der Waals surface area contributed by atoms with Gasteiger partial charge in [0.05, 0.1) is 0 Å². The molecular weight excluding hydrogens is 246 g/mol. The second-order valence-corrected chi connectivity index (χ2v) is 4.57. The van der Waals surface area contributed by atoms with E-state index in [0.717, 1.165) is 0 Å².